The smallest absolute Gasteiger partial charge is 0.0915 e. The fraction of sp³-hybridized carbons (Fsp3) is 0. The lowest BCUT2D eigenvalue weighted by Gasteiger charge is -2.00. The summed E-state index contributed by atoms with van der Waals surface area (Å²) in [4.78, 5) is 3.07. The SMILES string of the molecule is c1ccc(-n2ncc3c[nH]cc32)cc1. The van der Waals surface area contributed by atoms with Gasteiger partial charge in [-0.2, -0.15) is 5.10 Å². The van der Waals surface area contributed by atoms with Crippen LogP contribution >= 0.6 is 0 Å². The number of aromatic amines is 1. The second kappa shape index (κ2) is 2.73. The van der Waals surface area contributed by atoms with Crippen molar-refractivity contribution in [2.24, 2.45) is 0 Å². The summed E-state index contributed by atoms with van der Waals surface area (Å²) in [5.41, 5.74) is 2.19. The van der Waals surface area contributed by atoms with Gasteiger partial charge in [0.25, 0.3) is 0 Å². The molecule has 0 saturated carbocycles. The molecule has 0 unspecified atom stereocenters. The van der Waals surface area contributed by atoms with Crippen molar-refractivity contribution < 1.29 is 0 Å². The fourth-order valence-electron chi connectivity index (χ4n) is 1.61. The zero-order valence-electron chi connectivity index (χ0n) is 7.51. The molecule has 0 aliphatic carbocycles. The highest BCUT2D eigenvalue weighted by Gasteiger charge is 2.03. The average Bonchev–Trinajstić information content (AvgIpc) is 2.79. The first-order valence-electron chi connectivity index (χ1n) is 4.51. The third kappa shape index (κ3) is 0.956. The molecule has 0 fully saturated rings. The molecular formula is C11H9N3. The van der Waals surface area contributed by atoms with Crippen LogP contribution in [0.1, 0.15) is 0 Å². The highest BCUT2D eigenvalue weighted by Crippen LogP contribution is 2.16. The minimum Gasteiger partial charge on any atom is -0.365 e. The van der Waals surface area contributed by atoms with Crippen LogP contribution in [-0.2, 0) is 0 Å². The Kier molecular flexibility index (Phi) is 1.44. The van der Waals surface area contributed by atoms with Crippen molar-refractivity contribution in [2.45, 2.75) is 0 Å². The summed E-state index contributed by atoms with van der Waals surface area (Å²) >= 11 is 0. The monoisotopic (exact) mass is 183 g/mol. The molecule has 1 N–H and O–H groups in total. The molecule has 0 aliphatic heterocycles. The third-order valence-corrected chi connectivity index (χ3v) is 2.30. The molecular weight excluding hydrogens is 174 g/mol. The van der Waals surface area contributed by atoms with Crippen molar-refractivity contribution in [3.05, 3.63) is 48.9 Å². The van der Waals surface area contributed by atoms with E-state index in [1.54, 1.807) is 0 Å². The van der Waals surface area contributed by atoms with Gasteiger partial charge in [-0.15, -0.1) is 0 Å². The Morgan fingerprint density at radius 2 is 1.93 bits per heavy atom. The van der Waals surface area contributed by atoms with Crippen molar-refractivity contribution in [3.8, 4) is 5.69 Å². The van der Waals surface area contributed by atoms with Gasteiger partial charge in [-0.05, 0) is 12.1 Å². The van der Waals surface area contributed by atoms with Gasteiger partial charge >= 0.3 is 0 Å². The summed E-state index contributed by atoms with van der Waals surface area (Å²) in [6.45, 7) is 0. The van der Waals surface area contributed by atoms with E-state index in [9.17, 15) is 0 Å². The van der Waals surface area contributed by atoms with Crippen LogP contribution in [0, 0.1) is 0 Å². The number of benzene rings is 1. The van der Waals surface area contributed by atoms with E-state index in [0.29, 0.717) is 0 Å². The Labute approximate surface area is 81.0 Å². The maximum atomic E-state index is 4.32. The van der Waals surface area contributed by atoms with E-state index >= 15 is 0 Å². The Balaban J connectivity index is 2.28. The van der Waals surface area contributed by atoms with Gasteiger partial charge in [0, 0.05) is 17.8 Å². The molecule has 3 heteroatoms. The molecule has 0 radical (unpaired) electrons. The molecule has 0 spiro atoms. The van der Waals surface area contributed by atoms with Gasteiger partial charge in [-0.25, -0.2) is 4.68 Å². The number of aromatic nitrogens is 3. The standard InChI is InChI=1S/C11H9N3/c1-2-4-10(5-3-1)14-11-8-12-6-9(11)7-13-14/h1-8,12H. The van der Waals surface area contributed by atoms with Gasteiger partial charge in [0.05, 0.1) is 17.4 Å². The molecule has 68 valence electrons. The second-order valence-corrected chi connectivity index (χ2v) is 3.19. The van der Waals surface area contributed by atoms with Crippen LogP contribution in [-0.4, -0.2) is 14.8 Å². The van der Waals surface area contributed by atoms with Crippen LogP contribution in [0.25, 0.3) is 16.6 Å². The van der Waals surface area contributed by atoms with Crippen molar-refractivity contribution in [2.75, 3.05) is 0 Å². The van der Waals surface area contributed by atoms with Gasteiger partial charge in [0.15, 0.2) is 0 Å². The highest BCUT2D eigenvalue weighted by atomic mass is 15.3. The number of nitrogens with zero attached hydrogens (tertiary/aromatic N) is 2. The molecule has 3 rings (SSSR count). The average molecular weight is 183 g/mol. The topological polar surface area (TPSA) is 33.6 Å². The highest BCUT2D eigenvalue weighted by molar-refractivity contribution is 5.79. The summed E-state index contributed by atoms with van der Waals surface area (Å²) in [5, 5.41) is 5.46. The van der Waals surface area contributed by atoms with Gasteiger partial charge < -0.3 is 4.98 Å². The zero-order chi connectivity index (χ0) is 9.38. The summed E-state index contributed by atoms with van der Waals surface area (Å²) in [6.07, 6.45) is 5.76. The molecule has 14 heavy (non-hydrogen) atoms. The number of H-pyrrole nitrogens is 1. The minimum absolute atomic E-state index is 1.09. The van der Waals surface area contributed by atoms with Crippen LogP contribution < -0.4 is 0 Å². The molecule has 2 heterocycles. The van der Waals surface area contributed by atoms with E-state index in [1.165, 1.54) is 0 Å². The van der Waals surface area contributed by atoms with Gasteiger partial charge in [-0.1, -0.05) is 18.2 Å². The first kappa shape index (κ1) is 7.38. The molecule has 0 amide bonds. The molecule has 0 aliphatic rings. The number of para-hydroxylation sites is 1. The van der Waals surface area contributed by atoms with E-state index in [4.69, 9.17) is 0 Å². The number of fused-ring (bicyclic) bond motifs is 1. The van der Waals surface area contributed by atoms with Crippen LogP contribution in [0.3, 0.4) is 0 Å². The predicted molar refractivity (Wildman–Crippen MR) is 55.4 cm³/mol. The maximum Gasteiger partial charge on any atom is 0.0915 e. The quantitative estimate of drug-likeness (QED) is 0.617. The first-order chi connectivity index (χ1) is 6.95. The minimum atomic E-state index is 1.09. The fourth-order valence-corrected chi connectivity index (χ4v) is 1.61. The maximum absolute atomic E-state index is 4.32. The van der Waals surface area contributed by atoms with E-state index in [-0.39, 0.29) is 0 Å². The van der Waals surface area contributed by atoms with Gasteiger partial charge in [0.1, 0.15) is 0 Å². The molecule has 3 aromatic rings. The summed E-state index contributed by atoms with van der Waals surface area (Å²) < 4.78 is 1.92. The lowest BCUT2D eigenvalue weighted by molar-refractivity contribution is 0.908. The molecule has 2 aromatic heterocycles. The summed E-state index contributed by atoms with van der Waals surface area (Å²) in [5.74, 6) is 0. The Morgan fingerprint density at radius 3 is 2.79 bits per heavy atom. The van der Waals surface area contributed by atoms with Crippen molar-refractivity contribution >= 4 is 10.9 Å². The first-order valence-corrected chi connectivity index (χ1v) is 4.51. The molecule has 1 aromatic carbocycles. The lowest BCUT2D eigenvalue weighted by atomic mass is 10.3. The normalized spacial score (nSPS) is 10.9. The Morgan fingerprint density at radius 1 is 1.07 bits per heavy atom. The summed E-state index contributed by atoms with van der Waals surface area (Å²) in [6, 6.07) is 10.1. The van der Waals surface area contributed by atoms with Gasteiger partial charge in [-0.3, -0.25) is 0 Å². The van der Waals surface area contributed by atoms with Crippen LogP contribution in [0.4, 0.5) is 0 Å². The van der Waals surface area contributed by atoms with E-state index in [2.05, 4.69) is 10.1 Å². The lowest BCUT2D eigenvalue weighted by Crippen LogP contribution is -1.94. The number of hydrogen-bond donors (Lipinski definition) is 1. The molecule has 3 nitrogen and oxygen atoms in total. The molecule has 0 bridgehead atoms. The van der Waals surface area contributed by atoms with Crippen LogP contribution in [0.2, 0.25) is 0 Å². The number of nitrogens with one attached hydrogen (secondary N) is 1. The second-order valence-electron chi connectivity index (χ2n) is 3.19. The molecule has 0 saturated heterocycles. The Bertz CT molecular complexity index is 548. The van der Waals surface area contributed by atoms with Crippen LogP contribution in [0.15, 0.2) is 48.9 Å². The number of rotatable bonds is 1. The predicted octanol–water partition coefficient (Wildman–Crippen LogP) is 2.35. The van der Waals surface area contributed by atoms with E-state index in [0.717, 1.165) is 16.6 Å². The van der Waals surface area contributed by atoms with E-state index < -0.39 is 0 Å². The third-order valence-electron chi connectivity index (χ3n) is 2.30. The van der Waals surface area contributed by atoms with Crippen molar-refractivity contribution in [1.82, 2.24) is 14.8 Å². The van der Waals surface area contributed by atoms with E-state index in [1.807, 2.05) is 53.6 Å². The Hall–Kier alpha value is -2.03. The van der Waals surface area contributed by atoms with Crippen molar-refractivity contribution in [1.29, 1.82) is 0 Å². The van der Waals surface area contributed by atoms with Crippen molar-refractivity contribution in [3.63, 3.8) is 0 Å². The zero-order valence-corrected chi connectivity index (χ0v) is 7.51. The molecule has 0 atom stereocenters. The number of hydrogen-bond acceptors (Lipinski definition) is 1. The summed E-state index contributed by atoms with van der Waals surface area (Å²) in [7, 11) is 0. The van der Waals surface area contributed by atoms with Crippen LogP contribution in [0.5, 0.6) is 0 Å². The largest absolute Gasteiger partial charge is 0.365 e. The van der Waals surface area contributed by atoms with Gasteiger partial charge in [0.2, 0.25) is 0 Å².